The van der Waals surface area contributed by atoms with Gasteiger partial charge in [0.2, 0.25) is 0 Å². The summed E-state index contributed by atoms with van der Waals surface area (Å²) in [5, 5.41) is 6.06. The Morgan fingerprint density at radius 2 is 1.28 bits per heavy atom. The molecule has 6 rings (SSSR count). The predicted octanol–water partition coefficient (Wildman–Crippen LogP) is 6.66. The highest BCUT2D eigenvalue weighted by Gasteiger charge is 2.55. The maximum Gasteiger partial charge on any atom is 0.0998 e. The van der Waals surface area contributed by atoms with Crippen molar-refractivity contribution in [2.75, 3.05) is 0 Å². The maximum absolute atomic E-state index is 2.46. The molecule has 4 aromatic carbocycles. The molecule has 1 heterocycles. The fourth-order valence-electron chi connectivity index (χ4n) is 6.07. The summed E-state index contributed by atoms with van der Waals surface area (Å²) >= 11 is 0. The molecule has 0 N–H and O–H groups in total. The minimum atomic E-state index is -1.54. The third kappa shape index (κ3) is 2.62. The van der Waals surface area contributed by atoms with Crippen LogP contribution in [0.2, 0.25) is 0 Å². The summed E-state index contributed by atoms with van der Waals surface area (Å²) in [5.74, 6) is 0.730. The Bertz CT molecular complexity index is 1120. The van der Waals surface area contributed by atoms with E-state index in [1.54, 1.807) is 21.7 Å². The molecule has 0 nitrogen and oxygen atoms in total. The molecule has 1 saturated carbocycles. The molecule has 0 aromatic heterocycles. The lowest BCUT2D eigenvalue weighted by Gasteiger charge is -2.33. The zero-order valence-corrected chi connectivity index (χ0v) is 17.6. The number of benzene rings is 4. The van der Waals surface area contributed by atoms with Crippen LogP contribution in [0.15, 0.2) is 97.1 Å². The summed E-state index contributed by atoms with van der Waals surface area (Å²) in [6.07, 6.45) is 5.27. The van der Waals surface area contributed by atoms with Gasteiger partial charge in [0.05, 0.1) is 29.7 Å². The summed E-state index contributed by atoms with van der Waals surface area (Å²) in [6.45, 7) is 0. The molecule has 0 unspecified atom stereocenters. The first-order chi connectivity index (χ1) is 14.4. The van der Waals surface area contributed by atoms with Gasteiger partial charge in [-0.15, -0.1) is 0 Å². The van der Waals surface area contributed by atoms with Gasteiger partial charge in [0.15, 0.2) is 0 Å². The summed E-state index contributed by atoms with van der Waals surface area (Å²) in [5.41, 5.74) is 4.07. The van der Waals surface area contributed by atoms with E-state index in [0.717, 1.165) is 11.6 Å². The van der Waals surface area contributed by atoms with E-state index in [-0.39, 0.29) is 0 Å². The molecular formula is C28H26P+. The predicted molar refractivity (Wildman–Crippen MR) is 127 cm³/mol. The van der Waals surface area contributed by atoms with Crippen molar-refractivity contribution in [1.29, 1.82) is 0 Å². The van der Waals surface area contributed by atoms with Crippen LogP contribution >= 0.6 is 7.26 Å². The SMILES string of the molecule is c1ccc([P+]2(c3ccccc3)Cc3c(ccc4ccccc34)[C@H]3CC[C@@H]2C3)cc1. The lowest BCUT2D eigenvalue weighted by Crippen LogP contribution is -2.31. The van der Waals surface area contributed by atoms with E-state index in [4.69, 9.17) is 0 Å². The maximum atomic E-state index is 2.46. The Hall–Kier alpha value is -2.43. The molecule has 2 atom stereocenters. The highest BCUT2D eigenvalue weighted by atomic mass is 31.2. The van der Waals surface area contributed by atoms with Crippen LogP contribution < -0.4 is 10.6 Å². The van der Waals surface area contributed by atoms with Crippen molar-refractivity contribution in [3.8, 4) is 0 Å². The molecular weight excluding hydrogens is 367 g/mol. The summed E-state index contributed by atoms with van der Waals surface area (Å²) in [6, 6.07) is 36.9. The van der Waals surface area contributed by atoms with Crippen molar-refractivity contribution in [2.45, 2.75) is 37.0 Å². The van der Waals surface area contributed by atoms with Crippen LogP contribution in [0, 0.1) is 0 Å². The van der Waals surface area contributed by atoms with Gasteiger partial charge in [-0.1, -0.05) is 72.8 Å². The average Bonchev–Trinajstić information content (AvgIpc) is 3.23. The first kappa shape index (κ1) is 17.4. The number of hydrogen-bond donors (Lipinski definition) is 0. The second kappa shape index (κ2) is 6.82. The van der Waals surface area contributed by atoms with E-state index >= 15 is 0 Å². The molecule has 1 heteroatoms. The molecule has 2 bridgehead atoms. The molecule has 1 fully saturated rings. The molecule has 1 aliphatic heterocycles. The third-order valence-electron chi connectivity index (χ3n) is 7.39. The van der Waals surface area contributed by atoms with Crippen LogP contribution in [-0.4, -0.2) is 5.66 Å². The van der Waals surface area contributed by atoms with E-state index in [1.807, 2.05) is 0 Å². The lowest BCUT2D eigenvalue weighted by atomic mass is 9.90. The fraction of sp³-hybridized carbons (Fsp3) is 0.214. The Morgan fingerprint density at radius 3 is 2.00 bits per heavy atom. The zero-order chi connectivity index (χ0) is 19.3. The van der Waals surface area contributed by atoms with Crippen LogP contribution in [0.5, 0.6) is 0 Å². The molecule has 2 aliphatic rings. The number of hydrogen-bond acceptors (Lipinski definition) is 0. The van der Waals surface area contributed by atoms with Crippen LogP contribution in [0.4, 0.5) is 0 Å². The normalized spacial score (nSPS) is 22.2. The first-order valence-electron chi connectivity index (χ1n) is 10.9. The van der Waals surface area contributed by atoms with Gasteiger partial charge in [-0.3, -0.25) is 0 Å². The van der Waals surface area contributed by atoms with E-state index < -0.39 is 7.26 Å². The third-order valence-corrected chi connectivity index (χ3v) is 12.4. The zero-order valence-electron chi connectivity index (χ0n) is 16.7. The van der Waals surface area contributed by atoms with Gasteiger partial charge in [-0.25, -0.2) is 0 Å². The number of rotatable bonds is 2. The van der Waals surface area contributed by atoms with E-state index in [0.29, 0.717) is 0 Å². The average molecular weight is 393 g/mol. The van der Waals surface area contributed by atoms with E-state index in [1.165, 1.54) is 36.2 Å². The van der Waals surface area contributed by atoms with Gasteiger partial charge in [-0.05, 0) is 65.8 Å². The van der Waals surface area contributed by atoms with Crippen LogP contribution in [0.1, 0.15) is 36.3 Å². The molecule has 0 amide bonds. The molecule has 1 aliphatic carbocycles. The second-order valence-corrected chi connectivity index (χ2v) is 12.5. The van der Waals surface area contributed by atoms with Gasteiger partial charge < -0.3 is 0 Å². The fourth-order valence-corrected chi connectivity index (χ4v) is 11.3. The minimum Gasteiger partial charge on any atom is -0.0620 e. The van der Waals surface area contributed by atoms with E-state index in [9.17, 15) is 0 Å². The Kier molecular flexibility index (Phi) is 4.10. The quantitative estimate of drug-likeness (QED) is 0.334. The highest BCUT2D eigenvalue weighted by molar-refractivity contribution is 7.89. The van der Waals surface area contributed by atoms with Gasteiger partial charge in [-0.2, -0.15) is 0 Å². The summed E-state index contributed by atoms with van der Waals surface area (Å²) in [4.78, 5) is 0. The van der Waals surface area contributed by atoms with Gasteiger partial charge >= 0.3 is 0 Å². The molecule has 0 radical (unpaired) electrons. The standard InChI is InChI=1S/C28H26P/c1-3-10-23(11-4-1)29(24-12-5-2-6-13-24)20-28-26-14-8-7-9-21(26)16-18-27(28)22-15-17-25(29)19-22/h1-14,16,18,22,25H,15,17,19-20H2/q+1/t22-,25+/m0/s1. The smallest absolute Gasteiger partial charge is 0.0620 e. The molecule has 0 spiro atoms. The Balaban J connectivity index is 1.68. The van der Waals surface area contributed by atoms with Crippen LogP contribution in [0.3, 0.4) is 0 Å². The molecule has 0 saturated heterocycles. The monoisotopic (exact) mass is 393 g/mol. The van der Waals surface area contributed by atoms with Crippen LogP contribution in [-0.2, 0) is 6.16 Å². The molecule has 4 aromatic rings. The van der Waals surface area contributed by atoms with Crippen molar-refractivity contribution >= 4 is 28.6 Å². The summed E-state index contributed by atoms with van der Waals surface area (Å²) in [7, 11) is -1.54. The second-order valence-electron chi connectivity index (χ2n) is 8.72. The minimum absolute atomic E-state index is 0.730. The van der Waals surface area contributed by atoms with Crippen molar-refractivity contribution < 1.29 is 0 Å². The highest BCUT2D eigenvalue weighted by Crippen LogP contribution is 2.71. The van der Waals surface area contributed by atoms with Gasteiger partial charge in [0, 0.05) is 5.56 Å². The summed E-state index contributed by atoms with van der Waals surface area (Å²) < 4.78 is 0. The Labute approximate surface area is 173 Å². The van der Waals surface area contributed by atoms with Crippen molar-refractivity contribution in [3.05, 3.63) is 108 Å². The number of fused-ring (bicyclic) bond motifs is 6. The van der Waals surface area contributed by atoms with Gasteiger partial charge in [0.1, 0.15) is 0 Å². The van der Waals surface area contributed by atoms with Crippen molar-refractivity contribution in [3.63, 3.8) is 0 Å². The van der Waals surface area contributed by atoms with Crippen molar-refractivity contribution in [2.24, 2.45) is 0 Å². The lowest BCUT2D eigenvalue weighted by molar-refractivity contribution is 0.723. The van der Waals surface area contributed by atoms with E-state index in [2.05, 4.69) is 97.1 Å². The molecule has 142 valence electrons. The first-order valence-corrected chi connectivity index (χ1v) is 12.9. The largest absolute Gasteiger partial charge is 0.0998 e. The molecule has 29 heavy (non-hydrogen) atoms. The van der Waals surface area contributed by atoms with Crippen molar-refractivity contribution in [1.82, 2.24) is 0 Å². The topological polar surface area (TPSA) is 0 Å². The Morgan fingerprint density at radius 1 is 0.621 bits per heavy atom. The van der Waals surface area contributed by atoms with Crippen LogP contribution in [0.25, 0.3) is 10.8 Å². The van der Waals surface area contributed by atoms with Gasteiger partial charge in [0.25, 0.3) is 0 Å².